The van der Waals surface area contributed by atoms with Crippen LogP contribution in [-0.4, -0.2) is 35.5 Å². The number of aliphatic hydroxyl groups excluding tert-OH is 1. The minimum atomic E-state index is -0.773. The van der Waals surface area contributed by atoms with Crippen LogP contribution in [0, 0.1) is 13.8 Å². The maximum atomic E-state index is 12.2. The molecule has 2 N–H and O–H groups in total. The summed E-state index contributed by atoms with van der Waals surface area (Å²) in [5.74, 6) is 0.653. The molecule has 2 rings (SSSR count). The zero-order valence-electron chi connectivity index (χ0n) is 15.2. The number of aryl methyl sites for hydroxylation is 2. The molecule has 2 aromatic rings. The summed E-state index contributed by atoms with van der Waals surface area (Å²) in [6.45, 7) is 6.03. The number of nitrogens with one attached hydrogen (secondary N) is 1. The summed E-state index contributed by atoms with van der Waals surface area (Å²) in [6.07, 6.45) is -0.773. The fourth-order valence-electron chi connectivity index (χ4n) is 2.40. The molecule has 0 heterocycles. The van der Waals surface area contributed by atoms with Crippen LogP contribution in [0.5, 0.6) is 5.75 Å². The Hall–Kier alpha value is -1.69. The van der Waals surface area contributed by atoms with Gasteiger partial charge in [0.2, 0.25) is 5.91 Å². The highest BCUT2D eigenvalue weighted by Crippen LogP contribution is 2.25. The number of thioether (sulfide) groups is 1. The van der Waals surface area contributed by atoms with Crippen molar-refractivity contribution >= 4 is 29.3 Å². The lowest BCUT2D eigenvalue weighted by Crippen LogP contribution is -2.38. The van der Waals surface area contributed by atoms with Gasteiger partial charge in [-0.1, -0.05) is 29.8 Å². The topological polar surface area (TPSA) is 58.6 Å². The maximum absolute atomic E-state index is 12.2. The minimum Gasteiger partial charge on any atom is -0.490 e. The largest absolute Gasteiger partial charge is 0.490 e. The van der Waals surface area contributed by atoms with Crippen molar-refractivity contribution in [2.45, 2.75) is 37.0 Å². The molecule has 0 fully saturated rings. The number of benzene rings is 2. The van der Waals surface area contributed by atoms with Crippen LogP contribution < -0.4 is 10.1 Å². The Morgan fingerprint density at radius 1 is 1.19 bits per heavy atom. The van der Waals surface area contributed by atoms with E-state index in [1.54, 1.807) is 12.1 Å². The minimum absolute atomic E-state index is 0.129. The molecule has 2 aromatic carbocycles. The molecule has 0 radical (unpaired) electrons. The van der Waals surface area contributed by atoms with Crippen LogP contribution in [0.2, 0.25) is 5.02 Å². The number of aliphatic hydroxyl groups is 1. The average molecular weight is 394 g/mol. The second-order valence-electron chi connectivity index (χ2n) is 6.14. The Labute approximate surface area is 163 Å². The molecule has 0 aliphatic carbocycles. The van der Waals surface area contributed by atoms with E-state index in [0.717, 1.165) is 21.8 Å². The number of carbonyl (C=O) groups excluding carboxylic acids is 1. The van der Waals surface area contributed by atoms with E-state index in [-0.39, 0.29) is 24.3 Å². The number of rotatable bonds is 8. The molecular weight excluding hydrogens is 370 g/mol. The zero-order valence-corrected chi connectivity index (χ0v) is 16.7. The fourth-order valence-corrected chi connectivity index (χ4v) is 3.42. The van der Waals surface area contributed by atoms with Gasteiger partial charge in [0, 0.05) is 16.5 Å². The first kappa shape index (κ1) is 20.6. The predicted octanol–water partition coefficient (Wildman–Crippen LogP) is 3.99. The summed E-state index contributed by atoms with van der Waals surface area (Å²) in [4.78, 5) is 13.2. The highest BCUT2D eigenvalue weighted by atomic mass is 35.5. The number of ether oxygens (including phenoxy) is 1. The first-order valence-electron chi connectivity index (χ1n) is 8.44. The fraction of sp³-hybridized carbons (Fsp3) is 0.350. The summed E-state index contributed by atoms with van der Waals surface area (Å²) >= 11 is 7.30. The lowest BCUT2D eigenvalue weighted by atomic mass is 10.1. The van der Waals surface area contributed by atoms with Crippen LogP contribution in [0.25, 0.3) is 0 Å². The molecular formula is C20H24ClNO3S. The third-order valence-electron chi connectivity index (χ3n) is 3.84. The molecule has 1 amide bonds. The van der Waals surface area contributed by atoms with E-state index >= 15 is 0 Å². The van der Waals surface area contributed by atoms with E-state index in [4.69, 9.17) is 16.3 Å². The Balaban J connectivity index is 1.76. The summed E-state index contributed by atoms with van der Waals surface area (Å²) < 4.78 is 5.71. The van der Waals surface area contributed by atoms with Gasteiger partial charge in [0.15, 0.2) is 0 Å². The van der Waals surface area contributed by atoms with Crippen molar-refractivity contribution in [2.75, 3.05) is 13.2 Å². The van der Waals surface area contributed by atoms with E-state index in [1.165, 1.54) is 11.8 Å². The van der Waals surface area contributed by atoms with Crippen LogP contribution in [0.3, 0.4) is 0 Å². The van der Waals surface area contributed by atoms with Gasteiger partial charge in [0.1, 0.15) is 18.5 Å². The van der Waals surface area contributed by atoms with Gasteiger partial charge in [-0.05, 0) is 56.2 Å². The van der Waals surface area contributed by atoms with Crippen LogP contribution in [0.1, 0.15) is 18.1 Å². The number of para-hydroxylation sites is 1. The molecule has 0 aliphatic heterocycles. The Bertz CT molecular complexity index is 716. The van der Waals surface area contributed by atoms with E-state index in [9.17, 15) is 9.90 Å². The highest BCUT2D eigenvalue weighted by Gasteiger charge is 2.16. The van der Waals surface area contributed by atoms with Gasteiger partial charge < -0.3 is 15.2 Å². The second-order valence-corrected chi connectivity index (χ2v) is 8.00. The van der Waals surface area contributed by atoms with Crippen LogP contribution >= 0.6 is 23.4 Å². The van der Waals surface area contributed by atoms with Gasteiger partial charge in [0.05, 0.1) is 5.25 Å². The zero-order chi connectivity index (χ0) is 19.1. The first-order valence-corrected chi connectivity index (χ1v) is 9.69. The van der Waals surface area contributed by atoms with Crippen LogP contribution in [0.4, 0.5) is 0 Å². The van der Waals surface area contributed by atoms with Crippen molar-refractivity contribution in [1.29, 1.82) is 0 Å². The third kappa shape index (κ3) is 6.24. The van der Waals surface area contributed by atoms with Gasteiger partial charge in [0.25, 0.3) is 0 Å². The summed E-state index contributed by atoms with van der Waals surface area (Å²) in [5, 5.41) is 13.2. The quantitative estimate of drug-likeness (QED) is 0.665. The summed E-state index contributed by atoms with van der Waals surface area (Å²) in [7, 11) is 0. The van der Waals surface area contributed by atoms with E-state index < -0.39 is 6.10 Å². The summed E-state index contributed by atoms with van der Waals surface area (Å²) in [6, 6.07) is 13.2. The molecule has 0 aliphatic rings. The average Bonchev–Trinajstić information content (AvgIpc) is 2.61. The van der Waals surface area contributed by atoms with Crippen molar-refractivity contribution in [3.63, 3.8) is 0 Å². The predicted molar refractivity (Wildman–Crippen MR) is 107 cm³/mol. The molecule has 6 heteroatoms. The molecule has 140 valence electrons. The second kappa shape index (κ2) is 9.86. The van der Waals surface area contributed by atoms with Crippen molar-refractivity contribution in [3.8, 4) is 5.75 Å². The van der Waals surface area contributed by atoms with Gasteiger partial charge in [-0.2, -0.15) is 0 Å². The van der Waals surface area contributed by atoms with Crippen molar-refractivity contribution < 1.29 is 14.6 Å². The molecule has 2 unspecified atom stereocenters. The molecule has 0 aromatic heterocycles. The van der Waals surface area contributed by atoms with Gasteiger partial charge in [-0.3, -0.25) is 4.79 Å². The number of hydrogen-bond donors (Lipinski definition) is 2. The molecule has 4 nitrogen and oxygen atoms in total. The molecule has 0 saturated heterocycles. The maximum Gasteiger partial charge on any atom is 0.233 e. The highest BCUT2D eigenvalue weighted by molar-refractivity contribution is 8.00. The SMILES string of the molecule is Cc1cccc(C)c1OCC(O)CNC(=O)C(C)Sc1ccc(Cl)cc1. The lowest BCUT2D eigenvalue weighted by molar-refractivity contribution is -0.120. The van der Waals surface area contributed by atoms with Gasteiger partial charge in [-0.25, -0.2) is 0 Å². The van der Waals surface area contributed by atoms with Crippen LogP contribution in [0.15, 0.2) is 47.4 Å². The molecule has 26 heavy (non-hydrogen) atoms. The van der Waals surface area contributed by atoms with E-state index in [1.807, 2.05) is 51.1 Å². The summed E-state index contributed by atoms with van der Waals surface area (Å²) in [5.41, 5.74) is 2.04. The number of halogens is 1. The Morgan fingerprint density at radius 2 is 1.81 bits per heavy atom. The van der Waals surface area contributed by atoms with Crippen molar-refractivity contribution in [3.05, 3.63) is 58.6 Å². The number of amides is 1. The van der Waals surface area contributed by atoms with Gasteiger partial charge in [-0.15, -0.1) is 11.8 Å². The molecule has 0 spiro atoms. The monoisotopic (exact) mass is 393 g/mol. The number of hydrogen-bond acceptors (Lipinski definition) is 4. The van der Waals surface area contributed by atoms with Crippen LogP contribution in [-0.2, 0) is 4.79 Å². The van der Waals surface area contributed by atoms with Gasteiger partial charge >= 0.3 is 0 Å². The normalized spacial score (nSPS) is 13.1. The molecule has 0 saturated carbocycles. The van der Waals surface area contributed by atoms with E-state index in [0.29, 0.717) is 5.02 Å². The lowest BCUT2D eigenvalue weighted by Gasteiger charge is -2.17. The first-order chi connectivity index (χ1) is 12.4. The van der Waals surface area contributed by atoms with E-state index in [2.05, 4.69) is 5.32 Å². The Morgan fingerprint density at radius 3 is 2.42 bits per heavy atom. The smallest absolute Gasteiger partial charge is 0.233 e. The third-order valence-corrected chi connectivity index (χ3v) is 5.20. The van der Waals surface area contributed by atoms with Crippen molar-refractivity contribution in [1.82, 2.24) is 5.32 Å². The molecule has 2 atom stereocenters. The number of carbonyl (C=O) groups is 1. The molecule has 0 bridgehead atoms. The van der Waals surface area contributed by atoms with Crippen molar-refractivity contribution in [2.24, 2.45) is 0 Å². The standard InChI is InChI=1S/C20H24ClNO3S/c1-13-5-4-6-14(2)19(13)25-12-17(23)11-22-20(24)15(3)26-18-9-7-16(21)8-10-18/h4-10,15,17,23H,11-12H2,1-3H3,(H,22,24). The Kier molecular flexibility index (Phi) is 7.82.